The van der Waals surface area contributed by atoms with E-state index in [1.807, 2.05) is 0 Å². The van der Waals surface area contributed by atoms with Gasteiger partial charge in [0, 0.05) is 32.2 Å². The van der Waals surface area contributed by atoms with Crippen LogP contribution in [0.4, 0.5) is 0 Å². The van der Waals surface area contributed by atoms with Crippen molar-refractivity contribution in [1.82, 2.24) is 10.2 Å². The van der Waals surface area contributed by atoms with Gasteiger partial charge in [-0.1, -0.05) is 44.2 Å². The normalized spacial score (nSPS) is 20.7. The molecule has 3 heteroatoms. The molecule has 1 fully saturated rings. The van der Waals surface area contributed by atoms with Crippen LogP contribution < -0.4 is 5.32 Å². The summed E-state index contributed by atoms with van der Waals surface area (Å²) < 4.78 is 0. The van der Waals surface area contributed by atoms with Crippen LogP contribution in [0.2, 0.25) is 0 Å². The maximum absolute atomic E-state index is 3.62. The second kappa shape index (κ2) is 7.78. The second-order valence-corrected chi connectivity index (χ2v) is 5.50. The zero-order valence-corrected chi connectivity index (χ0v) is 12.2. The van der Waals surface area contributed by atoms with Crippen molar-refractivity contribution in [1.29, 1.82) is 0 Å². The first kappa shape index (κ1) is 15.5. The third-order valence-electron chi connectivity index (χ3n) is 3.34. The Hall–Kier alpha value is -0.570. The quantitative estimate of drug-likeness (QED) is 0.903. The van der Waals surface area contributed by atoms with Crippen LogP contribution in [-0.4, -0.2) is 30.6 Å². The average Bonchev–Trinajstić information content (AvgIpc) is 2.30. The molecule has 0 unspecified atom stereocenters. The van der Waals surface area contributed by atoms with Crippen LogP contribution in [0.1, 0.15) is 25.8 Å². The van der Waals surface area contributed by atoms with E-state index in [-0.39, 0.29) is 12.4 Å². The van der Waals surface area contributed by atoms with Crippen molar-refractivity contribution in [2.45, 2.75) is 32.9 Å². The lowest BCUT2D eigenvalue weighted by atomic mass is 10.0. The predicted molar refractivity (Wildman–Crippen MR) is 80.2 cm³/mol. The highest BCUT2D eigenvalue weighted by Gasteiger charge is 2.19. The van der Waals surface area contributed by atoms with E-state index in [1.54, 1.807) is 0 Å². The summed E-state index contributed by atoms with van der Waals surface area (Å²) in [4.78, 5) is 2.57. The topological polar surface area (TPSA) is 15.3 Å². The molecule has 0 aromatic heterocycles. The zero-order chi connectivity index (χ0) is 12.1. The van der Waals surface area contributed by atoms with E-state index in [2.05, 4.69) is 54.4 Å². The van der Waals surface area contributed by atoms with E-state index in [9.17, 15) is 0 Å². The van der Waals surface area contributed by atoms with Gasteiger partial charge in [0.05, 0.1) is 0 Å². The maximum atomic E-state index is 3.62. The van der Waals surface area contributed by atoms with Gasteiger partial charge in [-0.3, -0.25) is 4.90 Å². The molecular weight excluding hydrogens is 244 g/mol. The van der Waals surface area contributed by atoms with E-state index in [1.165, 1.54) is 25.1 Å². The SMILES string of the molecule is CC(C)C[C@@H]1CN(Cc2ccccc2)CCN1.Cl. The minimum atomic E-state index is 0. The zero-order valence-electron chi connectivity index (χ0n) is 11.4. The van der Waals surface area contributed by atoms with Gasteiger partial charge in [-0.15, -0.1) is 12.4 Å². The van der Waals surface area contributed by atoms with Gasteiger partial charge in [0.15, 0.2) is 0 Å². The first-order valence-electron chi connectivity index (χ1n) is 6.73. The van der Waals surface area contributed by atoms with Crippen LogP contribution in [0.5, 0.6) is 0 Å². The Bertz CT molecular complexity index is 327. The fourth-order valence-electron chi connectivity index (χ4n) is 2.61. The van der Waals surface area contributed by atoms with E-state index < -0.39 is 0 Å². The highest BCUT2D eigenvalue weighted by molar-refractivity contribution is 5.85. The summed E-state index contributed by atoms with van der Waals surface area (Å²) in [6, 6.07) is 11.5. The molecule has 1 aromatic carbocycles. The summed E-state index contributed by atoms with van der Waals surface area (Å²) in [5, 5.41) is 3.62. The van der Waals surface area contributed by atoms with Gasteiger partial charge < -0.3 is 5.32 Å². The molecule has 18 heavy (non-hydrogen) atoms. The van der Waals surface area contributed by atoms with Crippen LogP contribution >= 0.6 is 12.4 Å². The molecular formula is C15H25ClN2. The first-order chi connectivity index (χ1) is 8.24. The number of hydrogen-bond donors (Lipinski definition) is 1. The number of rotatable bonds is 4. The van der Waals surface area contributed by atoms with Crippen molar-refractivity contribution in [3.63, 3.8) is 0 Å². The van der Waals surface area contributed by atoms with Gasteiger partial charge in [0.25, 0.3) is 0 Å². The van der Waals surface area contributed by atoms with Gasteiger partial charge >= 0.3 is 0 Å². The summed E-state index contributed by atoms with van der Waals surface area (Å²) in [5.74, 6) is 0.782. The Balaban J connectivity index is 0.00000162. The highest BCUT2D eigenvalue weighted by atomic mass is 35.5. The summed E-state index contributed by atoms with van der Waals surface area (Å²) in [6.45, 7) is 9.19. The minimum Gasteiger partial charge on any atom is -0.311 e. The number of piperazine rings is 1. The number of benzene rings is 1. The fourth-order valence-corrected chi connectivity index (χ4v) is 2.61. The lowest BCUT2D eigenvalue weighted by Crippen LogP contribution is -2.50. The largest absolute Gasteiger partial charge is 0.311 e. The van der Waals surface area contributed by atoms with Crippen molar-refractivity contribution in [3.05, 3.63) is 35.9 Å². The van der Waals surface area contributed by atoms with E-state index in [0.29, 0.717) is 6.04 Å². The molecule has 1 aromatic rings. The first-order valence-corrected chi connectivity index (χ1v) is 6.73. The van der Waals surface area contributed by atoms with Crippen molar-refractivity contribution >= 4 is 12.4 Å². The number of nitrogens with zero attached hydrogens (tertiary/aromatic N) is 1. The molecule has 0 amide bonds. The van der Waals surface area contributed by atoms with Gasteiger partial charge in [-0.2, -0.15) is 0 Å². The third kappa shape index (κ3) is 4.97. The summed E-state index contributed by atoms with van der Waals surface area (Å²) in [6.07, 6.45) is 1.28. The maximum Gasteiger partial charge on any atom is 0.0234 e. The lowest BCUT2D eigenvalue weighted by Gasteiger charge is -2.34. The van der Waals surface area contributed by atoms with Crippen LogP contribution in [0.3, 0.4) is 0 Å². The molecule has 1 heterocycles. The van der Waals surface area contributed by atoms with Gasteiger partial charge in [-0.25, -0.2) is 0 Å². The summed E-state index contributed by atoms with van der Waals surface area (Å²) in [7, 11) is 0. The van der Waals surface area contributed by atoms with Crippen LogP contribution in [0, 0.1) is 5.92 Å². The molecule has 0 radical (unpaired) electrons. The van der Waals surface area contributed by atoms with E-state index in [4.69, 9.17) is 0 Å². The Labute approximate surface area is 117 Å². The van der Waals surface area contributed by atoms with E-state index >= 15 is 0 Å². The number of nitrogens with one attached hydrogen (secondary N) is 1. The number of hydrogen-bond acceptors (Lipinski definition) is 2. The van der Waals surface area contributed by atoms with Crippen LogP contribution in [-0.2, 0) is 6.54 Å². The van der Waals surface area contributed by atoms with Gasteiger partial charge in [0.1, 0.15) is 0 Å². The predicted octanol–water partition coefficient (Wildman–Crippen LogP) is 2.93. The molecule has 2 rings (SSSR count). The molecule has 1 N–H and O–H groups in total. The van der Waals surface area contributed by atoms with Crippen molar-refractivity contribution in [3.8, 4) is 0 Å². The standard InChI is InChI=1S/C15H24N2.ClH/c1-13(2)10-15-12-17(9-8-16-15)11-14-6-4-3-5-7-14;/h3-7,13,15-16H,8-12H2,1-2H3;1H/t15-;/m1./s1. The molecule has 0 saturated carbocycles. The molecule has 102 valence electrons. The number of halogens is 1. The molecule has 1 aliphatic rings. The molecule has 2 nitrogen and oxygen atoms in total. The summed E-state index contributed by atoms with van der Waals surface area (Å²) in [5.41, 5.74) is 1.43. The smallest absolute Gasteiger partial charge is 0.0234 e. The summed E-state index contributed by atoms with van der Waals surface area (Å²) >= 11 is 0. The van der Waals surface area contributed by atoms with Crippen molar-refractivity contribution in [2.75, 3.05) is 19.6 Å². The van der Waals surface area contributed by atoms with Crippen molar-refractivity contribution < 1.29 is 0 Å². The monoisotopic (exact) mass is 268 g/mol. The Morgan fingerprint density at radius 2 is 2.00 bits per heavy atom. The molecule has 0 bridgehead atoms. The van der Waals surface area contributed by atoms with Crippen LogP contribution in [0.25, 0.3) is 0 Å². The van der Waals surface area contributed by atoms with E-state index in [0.717, 1.165) is 19.0 Å². The molecule has 0 aliphatic carbocycles. The third-order valence-corrected chi connectivity index (χ3v) is 3.34. The Morgan fingerprint density at radius 1 is 1.28 bits per heavy atom. The highest BCUT2D eigenvalue weighted by Crippen LogP contribution is 2.12. The molecule has 1 atom stereocenters. The van der Waals surface area contributed by atoms with Gasteiger partial charge in [0.2, 0.25) is 0 Å². The molecule has 1 aliphatic heterocycles. The van der Waals surface area contributed by atoms with Gasteiger partial charge in [-0.05, 0) is 17.9 Å². The fraction of sp³-hybridized carbons (Fsp3) is 0.600. The minimum absolute atomic E-state index is 0. The Morgan fingerprint density at radius 3 is 2.67 bits per heavy atom. The lowest BCUT2D eigenvalue weighted by molar-refractivity contribution is 0.179. The average molecular weight is 269 g/mol. The van der Waals surface area contributed by atoms with Crippen molar-refractivity contribution in [2.24, 2.45) is 5.92 Å². The Kier molecular flexibility index (Phi) is 6.69. The molecule has 1 saturated heterocycles. The molecule has 0 spiro atoms. The second-order valence-electron chi connectivity index (χ2n) is 5.50. The van der Waals surface area contributed by atoms with Crippen LogP contribution in [0.15, 0.2) is 30.3 Å².